The number of aromatic nitrogens is 4. The number of carbonyl (C=O) groups is 2. The van der Waals surface area contributed by atoms with Crippen LogP contribution in [0.25, 0.3) is 16.7 Å². The molecular formula is C21H18N6O3. The third kappa shape index (κ3) is 3.81. The monoisotopic (exact) mass is 402 g/mol. The molecule has 2 aromatic carbocycles. The van der Waals surface area contributed by atoms with Crippen molar-refractivity contribution in [3.8, 4) is 5.69 Å². The Morgan fingerprint density at radius 2 is 1.87 bits per heavy atom. The summed E-state index contributed by atoms with van der Waals surface area (Å²) in [7, 11) is 0. The Hall–Kier alpha value is -4.27. The van der Waals surface area contributed by atoms with Gasteiger partial charge >= 0.3 is 0 Å². The van der Waals surface area contributed by atoms with Gasteiger partial charge in [-0.15, -0.1) is 0 Å². The summed E-state index contributed by atoms with van der Waals surface area (Å²) >= 11 is 0. The first-order valence-electron chi connectivity index (χ1n) is 9.18. The van der Waals surface area contributed by atoms with Gasteiger partial charge in [-0.2, -0.15) is 5.10 Å². The second kappa shape index (κ2) is 8.00. The predicted molar refractivity (Wildman–Crippen MR) is 111 cm³/mol. The van der Waals surface area contributed by atoms with Crippen LogP contribution in [0.2, 0.25) is 0 Å². The third-order valence-corrected chi connectivity index (χ3v) is 4.51. The van der Waals surface area contributed by atoms with Crippen molar-refractivity contribution in [1.82, 2.24) is 25.1 Å². The molecule has 9 nitrogen and oxygen atoms in total. The lowest BCUT2D eigenvalue weighted by molar-refractivity contribution is -0.119. The summed E-state index contributed by atoms with van der Waals surface area (Å²) in [6.45, 7) is 1.85. The lowest BCUT2D eigenvalue weighted by Crippen LogP contribution is -2.19. The Morgan fingerprint density at radius 3 is 2.63 bits per heavy atom. The molecule has 0 unspecified atom stereocenters. The number of carbonyl (C=O) groups excluding carboxylic acids is 2. The molecule has 0 saturated heterocycles. The molecule has 0 saturated carbocycles. The number of para-hydroxylation sites is 2. The van der Waals surface area contributed by atoms with Gasteiger partial charge in [0, 0.05) is 19.0 Å². The molecule has 0 fully saturated rings. The quantitative estimate of drug-likeness (QED) is 0.471. The minimum absolute atomic E-state index is 0.115. The number of fused-ring (bicyclic) bond motifs is 1. The second-order valence-corrected chi connectivity index (χ2v) is 6.60. The average molecular weight is 402 g/mol. The van der Waals surface area contributed by atoms with E-state index < -0.39 is 0 Å². The van der Waals surface area contributed by atoms with Gasteiger partial charge < -0.3 is 15.6 Å². The average Bonchev–Trinajstić information content (AvgIpc) is 3.18. The van der Waals surface area contributed by atoms with E-state index in [0.29, 0.717) is 34.5 Å². The molecule has 0 aliphatic carbocycles. The molecule has 0 atom stereocenters. The fraction of sp³-hybridized carbons (Fsp3) is 0.0952. The third-order valence-electron chi connectivity index (χ3n) is 4.51. The lowest BCUT2D eigenvalue weighted by atomic mass is 10.1. The number of nitrogens with zero attached hydrogens (tertiary/aromatic N) is 3. The zero-order valence-corrected chi connectivity index (χ0v) is 16.0. The van der Waals surface area contributed by atoms with E-state index in [1.165, 1.54) is 24.1 Å². The van der Waals surface area contributed by atoms with Gasteiger partial charge in [-0.3, -0.25) is 14.4 Å². The summed E-state index contributed by atoms with van der Waals surface area (Å²) in [6, 6.07) is 14.1. The van der Waals surface area contributed by atoms with Gasteiger partial charge in [0.25, 0.3) is 11.5 Å². The summed E-state index contributed by atoms with van der Waals surface area (Å²) in [6.07, 6.45) is 2.75. The first-order chi connectivity index (χ1) is 14.5. The molecule has 3 N–H and O–H groups in total. The number of H-pyrrole nitrogens is 1. The molecular weight excluding hydrogens is 384 g/mol. The van der Waals surface area contributed by atoms with E-state index in [4.69, 9.17) is 0 Å². The van der Waals surface area contributed by atoms with Crippen LogP contribution >= 0.6 is 0 Å². The van der Waals surface area contributed by atoms with Gasteiger partial charge in [-0.05, 0) is 29.8 Å². The van der Waals surface area contributed by atoms with E-state index >= 15 is 0 Å². The van der Waals surface area contributed by atoms with Crippen LogP contribution in [-0.2, 0) is 11.3 Å². The highest BCUT2D eigenvalue weighted by atomic mass is 16.2. The molecule has 2 aromatic heterocycles. The zero-order chi connectivity index (χ0) is 21.1. The van der Waals surface area contributed by atoms with Crippen molar-refractivity contribution in [1.29, 1.82) is 0 Å². The van der Waals surface area contributed by atoms with E-state index in [-0.39, 0.29) is 17.4 Å². The fourth-order valence-corrected chi connectivity index (χ4v) is 2.99. The maximum absolute atomic E-state index is 12.7. The zero-order valence-electron chi connectivity index (χ0n) is 16.0. The Balaban J connectivity index is 1.60. The largest absolute Gasteiger partial charge is 0.352 e. The van der Waals surface area contributed by atoms with Gasteiger partial charge in [0.15, 0.2) is 5.65 Å². The Bertz CT molecular complexity index is 1290. The van der Waals surface area contributed by atoms with Crippen molar-refractivity contribution in [3.05, 3.63) is 82.5 Å². The van der Waals surface area contributed by atoms with Crippen LogP contribution in [-0.4, -0.2) is 31.6 Å². The minimum atomic E-state index is -0.296. The number of hydrogen-bond acceptors (Lipinski definition) is 5. The Morgan fingerprint density at radius 1 is 1.10 bits per heavy atom. The first kappa shape index (κ1) is 19.1. The van der Waals surface area contributed by atoms with Crippen LogP contribution < -0.4 is 16.2 Å². The van der Waals surface area contributed by atoms with Gasteiger partial charge in [0.1, 0.15) is 5.39 Å². The minimum Gasteiger partial charge on any atom is -0.352 e. The number of nitrogens with one attached hydrogen (secondary N) is 3. The topological polar surface area (TPSA) is 122 Å². The van der Waals surface area contributed by atoms with E-state index in [2.05, 4.69) is 25.7 Å². The van der Waals surface area contributed by atoms with Crippen LogP contribution in [0, 0.1) is 0 Å². The highest BCUT2D eigenvalue weighted by Gasteiger charge is 2.14. The van der Waals surface area contributed by atoms with E-state index in [9.17, 15) is 14.4 Å². The van der Waals surface area contributed by atoms with Crippen molar-refractivity contribution in [2.45, 2.75) is 13.5 Å². The summed E-state index contributed by atoms with van der Waals surface area (Å²) in [4.78, 5) is 42.4. The number of hydrogen-bond donors (Lipinski definition) is 3. The van der Waals surface area contributed by atoms with Crippen molar-refractivity contribution in [3.63, 3.8) is 0 Å². The molecule has 0 spiro atoms. The molecule has 0 radical (unpaired) electrons. The summed E-state index contributed by atoms with van der Waals surface area (Å²) in [5.74, 6) is -0.410. The number of aromatic amines is 1. The molecule has 4 aromatic rings. The van der Waals surface area contributed by atoms with Crippen LogP contribution in [0.15, 0.2) is 65.8 Å². The molecule has 150 valence electrons. The van der Waals surface area contributed by atoms with E-state index in [1.807, 2.05) is 6.07 Å². The van der Waals surface area contributed by atoms with Gasteiger partial charge in [0.05, 0.1) is 23.9 Å². The van der Waals surface area contributed by atoms with Crippen LogP contribution in [0.4, 0.5) is 5.69 Å². The van der Waals surface area contributed by atoms with Crippen molar-refractivity contribution in [2.24, 2.45) is 0 Å². The maximum atomic E-state index is 12.7. The summed E-state index contributed by atoms with van der Waals surface area (Å²) in [5, 5.41) is 10.2. The van der Waals surface area contributed by atoms with Gasteiger partial charge in [0.2, 0.25) is 5.91 Å². The number of benzene rings is 2. The molecule has 4 rings (SSSR count). The summed E-state index contributed by atoms with van der Waals surface area (Å²) < 4.78 is 1.51. The normalized spacial score (nSPS) is 10.7. The van der Waals surface area contributed by atoms with E-state index in [1.54, 1.807) is 42.5 Å². The Kier molecular flexibility index (Phi) is 5.08. The van der Waals surface area contributed by atoms with Gasteiger partial charge in [-0.25, -0.2) is 9.67 Å². The van der Waals surface area contributed by atoms with Gasteiger partial charge in [-0.1, -0.05) is 24.3 Å². The molecule has 30 heavy (non-hydrogen) atoms. The molecule has 0 bridgehead atoms. The highest BCUT2D eigenvalue weighted by Crippen LogP contribution is 2.23. The van der Waals surface area contributed by atoms with Crippen LogP contribution in [0.1, 0.15) is 22.8 Å². The van der Waals surface area contributed by atoms with Crippen molar-refractivity contribution < 1.29 is 9.59 Å². The fourth-order valence-electron chi connectivity index (χ4n) is 2.99. The number of anilines is 1. The predicted octanol–water partition coefficient (Wildman–Crippen LogP) is 2.00. The van der Waals surface area contributed by atoms with Crippen molar-refractivity contribution >= 4 is 28.5 Å². The van der Waals surface area contributed by atoms with Crippen LogP contribution in [0.5, 0.6) is 0 Å². The highest BCUT2D eigenvalue weighted by molar-refractivity contribution is 6.05. The molecule has 2 amide bonds. The molecule has 2 heterocycles. The lowest BCUT2D eigenvalue weighted by Gasteiger charge is -2.12. The number of amides is 2. The molecule has 9 heteroatoms. The number of rotatable bonds is 5. The first-order valence-corrected chi connectivity index (χ1v) is 9.18. The van der Waals surface area contributed by atoms with Crippen molar-refractivity contribution in [2.75, 3.05) is 5.32 Å². The van der Waals surface area contributed by atoms with Crippen LogP contribution in [0.3, 0.4) is 0 Å². The SMILES string of the molecule is CC(=O)NCc1ccc(C(=O)Nc2ccccc2-n2ncc3c(=O)[nH]cnc32)cc1. The Labute approximate surface area is 170 Å². The maximum Gasteiger partial charge on any atom is 0.261 e. The molecule has 0 aliphatic heterocycles. The molecule has 0 aliphatic rings. The van der Waals surface area contributed by atoms with E-state index in [0.717, 1.165) is 5.56 Å². The standard InChI is InChI=1S/C21H18N6O3/c1-13(28)22-10-14-6-8-15(9-7-14)20(29)26-17-4-2-3-5-18(17)27-19-16(11-25-27)21(30)24-12-23-19/h2-9,11-12H,10H2,1H3,(H,22,28)(H,26,29)(H,23,24,30). The summed E-state index contributed by atoms with van der Waals surface area (Å²) in [5.41, 5.74) is 2.57. The smallest absolute Gasteiger partial charge is 0.261 e. The second-order valence-electron chi connectivity index (χ2n) is 6.60.